The van der Waals surface area contributed by atoms with Gasteiger partial charge in [-0.1, -0.05) is 42.5 Å². The molecule has 0 spiro atoms. The summed E-state index contributed by atoms with van der Waals surface area (Å²) in [6.45, 7) is 0. The topological polar surface area (TPSA) is 29.1 Å². The van der Waals surface area contributed by atoms with Crippen molar-refractivity contribution in [3.63, 3.8) is 0 Å². The Morgan fingerprint density at radius 2 is 1.86 bits per heavy atom. The first-order valence-corrected chi connectivity index (χ1v) is 8.36. The van der Waals surface area contributed by atoms with Gasteiger partial charge >= 0.3 is 0 Å². The number of thioether (sulfide) groups is 1. The lowest BCUT2D eigenvalue weighted by molar-refractivity contribution is -0.121. The minimum atomic E-state index is 0.153. The van der Waals surface area contributed by atoms with Gasteiger partial charge in [-0.25, -0.2) is 0 Å². The zero-order valence-electron chi connectivity index (χ0n) is 11.9. The summed E-state index contributed by atoms with van der Waals surface area (Å²) in [6, 6.07) is 18.8. The van der Waals surface area contributed by atoms with E-state index in [0.29, 0.717) is 6.42 Å². The predicted octanol–water partition coefficient (Wildman–Crippen LogP) is 3.97. The lowest BCUT2D eigenvalue weighted by atomic mass is 10.1. The third kappa shape index (κ3) is 3.67. The largest absolute Gasteiger partial charge is 0.349 e. The second kappa shape index (κ2) is 6.81. The van der Waals surface area contributed by atoms with E-state index in [1.54, 1.807) is 11.8 Å². The van der Waals surface area contributed by atoms with Gasteiger partial charge < -0.3 is 5.32 Å². The molecule has 1 aliphatic rings. The minimum absolute atomic E-state index is 0.153. The first-order chi connectivity index (χ1) is 10.3. The molecule has 2 nitrogen and oxygen atoms in total. The summed E-state index contributed by atoms with van der Waals surface area (Å²) in [7, 11) is 0. The van der Waals surface area contributed by atoms with Crippen molar-refractivity contribution in [1.82, 2.24) is 5.32 Å². The molecule has 21 heavy (non-hydrogen) atoms. The fourth-order valence-corrected chi connectivity index (χ4v) is 3.62. The van der Waals surface area contributed by atoms with Gasteiger partial charge in [-0.05, 0) is 36.1 Å². The van der Waals surface area contributed by atoms with Crippen molar-refractivity contribution < 1.29 is 4.79 Å². The van der Waals surface area contributed by atoms with Crippen molar-refractivity contribution in [2.75, 3.05) is 5.75 Å². The molecule has 108 valence electrons. The van der Waals surface area contributed by atoms with Gasteiger partial charge in [0.05, 0.1) is 6.04 Å². The molecule has 2 aromatic carbocycles. The predicted molar refractivity (Wildman–Crippen MR) is 87.4 cm³/mol. The van der Waals surface area contributed by atoms with Crippen LogP contribution in [-0.4, -0.2) is 11.7 Å². The van der Waals surface area contributed by atoms with E-state index in [1.165, 1.54) is 16.0 Å². The molecule has 0 bridgehead atoms. The molecular formula is C18H19NOS. The highest BCUT2D eigenvalue weighted by Gasteiger charge is 2.22. The second-order valence-electron chi connectivity index (χ2n) is 5.27. The van der Waals surface area contributed by atoms with Crippen LogP contribution >= 0.6 is 11.8 Å². The van der Waals surface area contributed by atoms with Gasteiger partial charge in [-0.2, -0.15) is 0 Å². The zero-order valence-corrected chi connectivity index (χ0v) is 12.7. The van der Waals surface area contributed by atoms with Gasteiger partial charge in [0.2, 0.25) is 5.91 Å². The van der Waals surface area contributed by atoms with E-state index < -0.39 is 0 Å². The van der Waals surface area contributed by atoms with E-state index in [0.717, 1.165) is 18.6 Å². The number of fused-ring (bicyclic) bond motifs is 1. The Labute approximate surface area is 130 Å². The number of nitrogens with one attached hydrogen (secondary N) is 1. The van der Waals surface area contributed by atoms with Crippen LogP contribution in [0.25, 0.3) is 0 Å². The van der Waals surface area contributed by atoms with E-state index in [-0.39, 0.29) is 11.9 Å². The number of rotatable bonds is 5. The van der Waals surface area contributed by atoms with Crippen LogP contribution in [0.4, 0.5) is 0 Å². The molecule has 0 saturated heterocycles. The van der Waals surface area contributed by atoms with E-state index in [4.69, 9.17) is 0 Å². The molecule has 0 heterocycles. The molecule has 2 aromatic rings. The maximum Gasteiger partial charge on any atom is 0.221 e. The quantitative estimate of drug-likeness (QED) is 0.846. The molecule has 1 atom stereocenters. The highest BCUT2D eigenvalue weighted by molar-refractivity contribution is 7.99. The molecule has 0 aliphatic heterocycles. The van der Waals surface area contributed by atoms with E-state index >= 15 is 0 Å². The van der Waals surface area contributed by atoms with Gasteiger partial charge in [0.15, 0.2) is 0 Å². The maximum atomic E-state index is 12.1. The lowest BCUT2D eigenvalue weighted by Gasteiger charge is -2.14. The number of benzene rings is 2. The molecule has 1 aliphatic carbocycles. The highest BCUT2D eigenvalue weighted by atomic mass is 32.2. The first kappa shape index (κ1) is 14.2. The van der Waals surface area contributed by atoms with E-state index in [2.05, 4.69) is 41.7 Å². The number of hydrogen-bond donors (Lipinski definition) is 1. The number of amides is 1. The summed E-state index contributed by atoms with van der Waals surface area (Å²) >= 11 is 1.73. The summed E-state index contributed by atoms with van der Waals surface area (Å²) in [5.41, 5.74) is 2.67. The fraction of sp³-hybridized carbons (Fsp3) is 0.278. The Balaban J connectivity index is 1.47. The van der Waals surface area contributed by atoms with Crippen LogP contribution in [0.2, 0.25) is 0 Å². The SMILES string of the molecule is O=C(CCSc1ccccc1)N[C@@H]1CCc2ccccc21. The van der Waals surface area contributed by atoms with Crippen LogP contribution in [0.5, 0.6) is 0 Å². The van der Waals surface area contributed by atoms with Gasteiger partial charge in [0.25, 0.3) is 0 Å². The van der Waals surface area contributed by atoms with Crippen LogP contribution in [0.15, 0.2) is 59.5 Å². The van der Waals surface area contributed by atoms with Crippen LogP contribution in [0.1, 0.15) is 30.0 Å². The molecule has 0 aromatic heterocycles. The molecule has 0 saturated carbocycles. The molecule has 1 N–H and O–H groups in total. The number of carbonyl (C=O) groups excluding carboxylic acids is 1. The second-order valence-corrected chi connectivity index (χ2v) is 6.44. The zero-order chi connectivity index (χ0) is 14.5. The maximum absolute atomic E-state index is 12.1. The average molecular weight is 297 g/mol. The summed E-state index contributed by atoms with van der Waals surface area (Å²) in [6.07, 6.45) is 2.66. The molecule has 0 fully saturated rings. The van der Waals surface area contributed by atoms with Crippen molar-refractivity contribution >= 4 is 17.7 Å². The molecular weight excluding hydrogens is 278 g/mol. The molecule has 1 amide bonds. The Morgan fingerprint density at radius 1 is 1.10 bits per heavy atom. The van der Waals surface area contributed by atoms with Gasteiger partial charge in [0.1, 0.15) is 0 Å². The smallest absolute Gasteiger partial charge is 0.221 e. The Hall–Kier alpha value is -1.74. The lowest BCUT2D eigenvalue weighted by Crippen LogP contribution is -2.27. The van der Waals surface area contributed by atoms with Crippen LogP contribution in [0, 0.1) is 0 Å². The van der Waals surface area contributed by atoms with Crippen molar-refractivity contribution in [2.45, 2.75) is 30.2 Å². The summed E-state index contributed by atoms with van der Waals surface area (Å²) in [5, 5.41) is 3.17. The summed E-state index contributed by atoms with van der Waals surface area (Å²) in [5.74, 6) is 0.977. The van der Waals surface area contributed by atoms with Crippen molar-refractivity contribution in [2.24, 2.45) is 0 Å². The van der Waals surface area contributed by atoms with Crippen LogP contribution in [-0.2, 0) is 11.2 Å². The molecule has 3 rings (SSSR count). The van der Waals surface area contributed by atoms with Crippen LogP contribution < -0.4 is 5.32 Å². The number of aryl methyl sites for hydroxylation is 1. The Morgan fingerprint density at radius 3 is 2.71 bits per heavy atom. The summed E-state index contributed by atoms with van der Waals surface area (Å²) in [4.78, 5) is 13.3. The molecule has 0 unspecified atom stereocenters. The minimum Gasteiger partial charge on any atom is -0.349 e. The third-order valence-electron chi connectivity index (χ3n) is 3.81. The number of hydrogen-bond acceptors (Lipinski definition) is 2. The molecule has 0 radical (unpaired) electrons. The van der Waals surface area contributed by atoms with Crippen molar-refractivity contribution in [1.29, 1.82) is 0 Å². The Kier molecular flexibility index (Phi) is 4.61. The first-order valence-electron chi connectivity index (χ1n) is 7.38. The van der Waals surface area contributed by atoms with E-state index in [9.17, 15) is 4.79 Å². The Bertz CT molecular complexity index is 612. The van der Waals surface area contributed by atoms with Gasteiger partial charge in [-0.3, -0.25) is 4.79 Å². The number of carbonyl (C=O) groups is 1. The third-order valence-corrected chi connectivity index (χ3v) is 4.82. The average Bonchev–Trinajstić information content (AvgIpc) is 2.92. The van der Waals surface area contributed by atoms with Crippen LogP contribution in [0.3, 0.4) is 0 Å². The standard InChI is InChI=1S/C18H19NOS/c20-18(12-13-21-15-7-2-1-3-8-15)19-17-11-10-14-6-4-5-9-16(14)17/h1-9,17H,10-13H2,(H,19,20)/t17-/m1/s1. The van der Waals surface area contributed by atoms with Crippen molar-refractivity contribution in [3.8, 4) is 0 Å². The normalized spacial score (nSPS) is 16.5. The monoisotopic (exact) mass is 297 g/mol. The van der Waals surface area contributed by atoms with E-state index in [1.807, 2.05) is 18.2 Å². The fourth-order valence-electron chi connectivity index (χ4n) is 2.75. The summed E-state index contributed by atoms with van der Waals surface area (Å²) < 4.78 is 0. The van der Waals surface area contributed by atoms with Crippen molar-refractivity contribution in [3.05, 3.63) is 65.7 Å². The highest BCUT2D eigenvalue weighted by Crippen LogP contribution is 2.30. The van der Waals surface area contributed by atoms with Gasteiger partial charge in [0, 0.05) is 17.1 Å². The van der Waals surface area contributed by atoms with Gasteiger partial charge in [-0.15, -0.1) is 11.8 Å². The molecule has 3 heteroatoms.